The second-order valence-corrected chi connectivity index (χ2v) is 13.5. The summed E-state index contributed by atoms with van der Waals surface area (Å²) in [5.74, 6) is -1.49. The van der Waals surface area contributed by atoms with Gasteiger partial charge in [0.2, 0.25) is 0 Å². The van der Waals surface area contributed by atoms with Crippen molar-refractivity contribution in [2.24, 2.45) is 20.4 Å². The van der Waals surface area contributed by atoms with Crippen LogP contribution in [0.1, 0.15) is 79.1 Å². The van der Waals surface area contributed by atoms with Crippen molar-refractivity contribution in [1.82, 2.24) is 5.32 Å². The lowest BCUT2D eigenvalue weighted by Crippen LogP contribution is -2.24. The second-order valence-electron chi connectivity index (χ2n) is 13.5. The minimum Gasteiger partial charge on any atom is -0.509 e. The third-order valence-corrected chi connectivity index (χ3v) is 10.4. The standard InChI is InChI=1S/C40H46N4O9/c1-21-24(9-12-35(45)50-5)30-18-31-26(11-14-37(47)52-7)23(3)29(43-31)20-34-40(4,16-15-38(48)53-8)39(49)33(44-34)19-32-25(10-13-36(46)51-6)22(2)28(42-32)17-27(21)41-30/h17-20,44,49H,9-16H2,1-8H3. The lowest BCUT2D eigenvalue weighted by atomic mass is 9.80. The maximum absolute atomic E-state index is 12.4. The van der Waals surface area contributed by atoms with E-state index in [0.717, 1.165) is 33.4 Å². The van der Waals surface area contributed by atoms with Crippen molar-refractivity contribution in [2.45, 2.75) is 79.1 Å². The average Bonchev–Trinajstić information content (AvgIpc) is 3.79. The Morgan fingerprint density at radius 1 is 0.604 bits per heavy atom. The molecule has 0 radical (unpaired) electrons. The number of ether oxygens (including phenoxy) is 4. The van der Waals surface area contributed by atoms with Crippen molar-refractivity contribution in [3.05, 3.63) is 92.0 Å². The van der Waals surface area contributed by atoms with Crippen molar-refractivity contribution in [3.8, 4) is 0 Å². The number of hydrogen-bond acceptors (Lipinski definition) is 13. The van der Waals surface area contributed by atoms with Crippen molar-refractivity contribution in [2.75, 3.05) is 28.4 Å². The molecule has 5 heterocycles. The molecule has 1 atom stereocenters. The number of methoxy groups -OCH3 is 4. The molecule has 0 aromatic heterocycles. The van der Waals surface area contributed by atoms with Gasteiger partial charge in [0.25, 0.3) is 0 Å². The predicted octanol–water partition coefficient (Wildman–Crippen LogP) is 6.04. The zero-order valence-corrected chi connectivity index (χ0v) is 31.5. The zero-order valence-electron chi connectivity index (χ0n) is 31.5. The molecule has 0 saturated heterocycles. The van der Waals surface area contributed by atoms with Crippen LogP contribution in [0.3, 0.4) is 0 Å². The fourth-order valence-electron chi connectivity index (χ4n) is 6.90. The van der Waals surface area contributed by atoms with E-state index in [-0.39, 0.29) is 55.8 Å². The highest BCUT2D eigenvalue weighted by Gasteiger charge is 2.42. The van der Waals surface area contributed by atoms with Gasteiger partial charge in [-0.2, -0.15) is 0 Å². The van der Waals surface area contributed by atoms with Crippen molar-refractivity contribution >= 4 is 41.0 Å². The number of aliphatic hydroxyl groups is 1. The normalized spacial score (nSPS) is 20.6. The van der Waals surface area contributed by atoms with E-state index in [9.17, 15) is 24.3 Å². The van der Waals surface area contributed by atoms with Gasteiger partial charge in [-0.3, -0.25) is 19.2 Å². The molecule has 0 aromatic rings. The lowest BCUT2D eigenvalue weighted by molar-refractivity contribution is -0.141. The average molecular weight is 727 g/mol. The van der Waals surface area contributed by atoms with E-state index in [1.54, 1.807) is 6.08 Å². The largest absolute Gasteiger partial charge is 0.509 e. The second kappa shape index (κ2) is 16.0. The molecular weight excluding hydrogens is 680 g/mol. The van der Waals surface area contributed by atoms with Gasteiger partial charge in [0.1, 0.15) is 5.76 Å². The number of nitrogens with one attached hydrogen (secondary N) is 1. The Morgan fingerprint density at radius 3 is 1.57 bits per heavy atom. The van der Waals surface area contributed by atoms with E-state index in [1.165, 1.54) is 28.4 Å². The first-order chi connectivity index (χ1) is 25.2. The van der Waals surface area contributed by atoms with Gasteiger partial charge in [0.15, 0.2) is 0 Å². The summed E-state index contributed by atoms with van der Waals surface area (Å²) in [5, 5.41) is 15.3. The van der Waals surface area contributed by atoms with E-state index in [0.29, 0.717) is 64.9 Å². The van der Waals surface area contributed by atoms with Gasteiger partial charge in [0.05, 0.1) is 73.8 Å². The van der Waals surface area contributed by atoms with E-state index >= 15 is 0 Å². The molecule has 8 bridgehead atoms. The highest BCUT2D eigenvalue weighted by molar-refractivity contribution is 6.18. The Morgan fingerprint density at radius 2 is 1.04 bits per heavy atom. The summed E-state index contributed by atoms with van der Waals surface area (Å²) >= 11 is 0. The number of aliphatic hydroxyl groups excluding tert-OH is 1. The SMILES string of the molecule is COC(=O)CCC1=C(C)C2=NC1=CC1=C(O)C(C)(CCC(=O)OC)C(=CC3=NC(=CC4=NC(=C2)C(C)=C4CCC(=O)OC)C(CCC(=O)OC)=C3C)N1. The molecular formula is C40H46N4O9. The van der Waals surface area contributed by atoms with E-state index in [1.807, 2.05) is 45.9 Å². The molecule has 13 nitrogen and oxygen atoms in total. The van der Waals surface area contributed by atoms with Crippen LogP contribution in [0.15, 0.2) is 107 Å². The van der Waals surface area contributed by atoms with Crippen molar-refractivity contribution < 1.29 is 43.2 Å². The van der Waals surface area contributed by atoms with Crippen LogP contribution in [0.5, 0.6) is 0 Å². The van der Waals surface area contributed by atoms with E-state index in [2.05, 4.69) is 5.32 Å². The highest BCUT2D eigenvalue weighted by Crippen LogP contribution is 2.46. The van der Waals surface area contributed by atoms with Crippen molar-refractivity contribution in [3.63, 3.8) is 0 Å². The summed E-state index contributed by atoms with van der Waals surface area (Å²) in [4.78, 5) is 64.3. The Hall–Kier alpha value is -5.59. The van der Waals surface area contributed by atoms with Crippen LogP contribution < -0.4 is 5.32 Å². The minimum atomic E-state index is -1.04. The van der Waals surface area contributed by atoms with Crippen LogP contribution in [-0.4, -0.2) is 74.6 Å². The summed E-state index contributed by atoms with van der Waals surface area (Å²) in [5.41, 5.74) is 8.55. The fraction of sp³-hybridized carbons (Fsp3) is 0.425. The Labute approximate surface area is 309 Å². The van der Waals surface area contributed by atoms with E-state index in [4.69, 9.17) is 33.9 Å². The Bertz CT molecular complexity index is 2010. The van der Waals surface area contributed by atoms with Gasteiger partial charge in [-0.25, -0.2) is 15.0 Å². The summed E-state index contributed by atoms with van der Waals surface area (Å²) < 4.78 is 19.8. The quantitative estimate of drug-likeness (QED) is 0.178. The molecule has 2 N–H and O–H groups in total. The van der Waals surface area contributed by atoms with Crippen LogP contribution >= 0.6 is 0 Å². The molecule has 53 heavy (non-hydrogen) atoms. The van der Waals surface area contributed by atoms with Gasteiger partial charge >= 0.3 is 23.9 Å². The van der Waals surface area contributed by atoms with Crippen LogP contribution in [-0.2, 0) is 38.1 Å². The Balaban J connectivity index is 1.76. The molecule has 0 saturated carbocycles. The first-order valence-corrected chi connectivity index (χ1v) is 17.5. The van der Waals surface area contributed by atoms with Gasteiger partial charge in [0, 0.05) is 31.4 Å². The van der Waals surface area contributed by atoms with E-state index < -0.39 is 11.4 Å². The molecule has 0 spiro atoms. The summed E-state index contributed by atoms with van der Waals surface area (Å²) in [6.45, 7) is 7.63. The van der Waals surface area contributed by atoms with Gasteiger partial charge < -0.3 is 29.4 Å². The van der Waals surface area contributed by atoms with Gasteiger partial charge in [-0.05, 0) is 111 Å². The van der Waals surface area contributed by atoms with Gasteiger partial charge in [-0.15, -0.1) is 0 Å². The Kier molecular flexibility index (Phi) is 11.6. The first-order valence-electron chi connectivity index (χ1n) is 17.5. The number of allylic oxidation sites excluding steroid dienone is 10. The third kappa shape index (κ3) is 7.93. The molecule has 0 fully saturated rings. The molecule has 0 aliphatic carbocycles. The number of esters is 4. The third-order valence-electron chi connectivity index (χ3n) is 10.4. The maximum atomic E-state index is 12.4. The maximum Gasteiger partial charge on any atom is 0.305 e. The topological polar surface area (TPSA) is 175 Å². The molecule has 280 valence electrons. The smallest absolute Gasteiger partial charge is 0.305 e. The minimum absolute atomic E-state index is 0.0111. The number of hydrogen-bond donors (Lipinski definition) is 2. The van der Waals surface area contributed by atoms with Gasteiger partial charge in [-0.1, -0.05) is 0 Å². The molecule has 5 aliphatic rings. The molecule has 1 unspecified atom stereocenters. The molecule has 0 amide bonds. The predicted molar refractivity (Wildman–Crippen MR) is 199 cm³/mol. The number of aliphatic imine (C=N–C) groups is 3. The van der Waals surface area contributed by atoms with Crippen LogP contribution in [0, 0.1) is 5.41 Å². The number of rotatable bonds is 12. The number of carbonyl (C=O) groups excluding carboxylic acids is 4. The molecule has 5 rings (SSSR count). The molecule has 5 aliphatic heterocycles. The fourth-order valence-corrected chi connectivity index (χ4v) is 6.90. The summed E-state index contributed by atoms with van der Waals surface area (Å²) in [6, 6.07) is 0. The number of fused-ring (bicyclic) bond motifs is 5. The number of nitrogens with zero attached hydrogens (tertiary/aromatic N) is 3. The lowest BCUT2D eigenvalue weighted by Gasteiger charge is -2.25. The molecule has 0 aromatic carbocycles. The molecule has 13 heteroatoms. The first kappa shape index (κ1) is 38.6. The highest BCUT2D eigenvalue weighted by atomic mass is 16.5. The van der Waals surface area contributed by atoms with Crippen LogP contribution in [0.2, 0.25) is 0 Å². The van der Waals surface area contributed by atoms with Crippen molar-refractivity contribution in [1.29, 1.82) is 0 Å². The monoisotopic (exact) mass is 726 g/mol. The van der Waals surface area contributed by atoms with Crippen LogP contribution in [0.4, 0.5) is 0 Å². The number of carbonyl (C=O) groups is 4. The summed E-state index contributed by atoms with van der Waals surface area (Å²) in [7, 11) is 5.36. The van der Waals surface area contributed by atoms with Crippen LogP contribution in [0.25, 0.3) is 0 Å². The zero-order chi connectivity index (χ0) is 38.6. The summed E-state index contributed by atoms with van der Waals surface area (Å²) in [6.07, 6.45) is 9.05.